The normalized spacial score (nSPS) is 12.3. The summed E-state index contributed by atoms with van der Waals surface area (Å²) in [7, 11) is 4.11. The fourth-order valence-electron chi connectivity index (χ4n) is 2.10. The van der Waals surface area contributed by atoms with E-state index in [1.54, 1.807) is 6.07 Å². The molecule has 1 unspecified atom stereocenters. The van der Waals surface area contributed by atoms with Gasteiger partial charge in [-0.1, -0.05) is 30.3 Å². The second-order valence-corrected chi connectivity index (χ2v) is 4.98. The first-order valence-electron chi connectivity index (χ1n) is 6.61. The topological polar surface area (TPSA) is 52.2 Å². The zero-order chi connectivity index (χ0) is 14.4. The third kappa shape index (κ3) is 3.95. The summed E-state index contributed by atoms with van der Waals surface area (Å²) in [6.07, 6.45) is 0. The van der Waals surface area contributed by atoms with E-state index >= 15 is 0 Å². The van der Waals surface area contributed by atoms with Gasteiger partial charge in [0, 0.05) is 12.6 Å². The summed E-state index contributed by atoms with van der Waals surface area (Å²) in [6.45, 7) is 1.50. The van der Waals surface area contributed by atoms with Gasteiger partial charge >= 0.3 is 0 Å². The lowest BCUT2D eigenvalue weighted by atomic mass is 10.1. The first-order chi connectivity index (χ1) is 9.69. The summed E-state index contributed by atoms with van der Waals surface area (Å²) in [6, 6.07) is 16.1. The molecule has 0 aliphatic heterocycles. The van der Waals surface area contributed by atoms with Gasteiger partial charge in [-0.05, 0) is 31.8 Å². The largest absolute Gasteiger partial charge is 0.449 e. The van der Waals surface area contributed by atoms with Gasteiger partial charge in [0.25, 0.3) is 0 Å². The highest BCUT2D eigenvalue weighted by Crippen LogP contribution is 2.15. The highest BCUT2D eigenvalue weighted by Gasteiger charge is 2.12. The van der Waals surface area contributed by atoms with Crippen molar-refractivity contribution >= 4 is 0 Å². The first-order valence-corrected chi connectivity index (χ1v) is 6.61. The molecule has 0 aliphatic carbocycles. The van der Waals surface area contributed by atoms with Gasteiger partial charge in [-0.2, -0.15) is 5.26 Å². The van der Waals surface area contributed by atoms with Gasteiger partial charge in [0.05, 0.1) is 6.54 Å². The van der Waals surface area contributed by atoms with Crippen molar-refractivity contribution < 1.29 is 4.42 Å². The zero-order valence-corrected chi connectivity index (χ0v) is 11.8. The number of likely N-dealkylation sites (N-methyl/N-ethyl adjacent to an activating group) is 1. The highest BCUT2D eigenvalue weighted by molar-refractivity contribution is 5.21. The van der Waals surface area contributed by atoms with Gasteiger partial charge < -0.3 is 14.6 Å². The second-order valence-electron chi connectivity index (χ2n) is 4.98. The van der Waals surface area contributed by atoms with Crippen LogP contribution in [-0.2, 0) is 6.54 Å². The number of nitrogens with one attached hydrogen (secondary N) is 1. The van der Waals surface area contributed by atoms with Crippen molar-refractivity contribution in [3.8, 4) is 6.07 Å². The third-order valence-electron chi connectivity index (χ3n) is 3.04. The summed E-state index contributed by atoms with van der Waals surface area (Å²) in [4.78, 5) is 2.15. The number of nitrogens with zero attached hydrogens (tertiary/aromatic N) is 2. The van der Waals surface area contributed by atoms with E-state index in [4.69, 9.17) is 9.68 Å². The minimum absolute atomic E-state index is 0.224. The molecule has 104 valence electrons. The molecular weight excluding hydrogens is 250 g/mol. The zero-order valence-electron chi connectivity index (χ0n) is 11.8. The molecule has 0 aliphatic rings. The van der Waals surface area contributed by atoms with Crippen LogP contribution in [-0.4, -0.2) is 25.5 Å². The number of hydrogen-bond acceptors (Lipinski definition) is 4. The Balaban J connectivity index is 2.03. The fourth-order valence-corrected chi connectivity index (χ4v) is 2.10. The summed E-state index contributed by atoms with van der Waals surface area (Å²) in [5.74, 6) is 1.13. The summed E-state index contributed by atoms with van der Waals surface area (Å²) >= 11 is 0. The van der Waals surface area contributed by atoms with Gasteiger partial charge in [0.2, 0.25) is 5.76 Å². The molecule has 0 bridgehead atoms. The Morgan fingerprint density at radius 1 is 1.20 bits per heavy atom. The number of benzene rings is 1. The number of rotatable bonds is 6. The summed E-state index contributed by atoms with van der Waals surface area (Å²) < 4.78 is 5.39. The Hall–Kier alpha value is -2.09. The van der Waals surface area contributed by atoms with E-state index in [1.165, 1.54) is 5.56 Å². The van der Waals surface area contributed by atoms with Crippen LogP contribution in [0.5, 0.6) is 0 Å². The van der Waals surface area contributed by atoms with Crippen LogP contribution in [0.15, 0.2) is 46.9 Å². The molecule has 0 fully saturated rings. The van der Waals surface area contributed by atoms with Gasteiger partial charge in [-0.15, -0.1) is 0 Å². The quantitative estimate of drug-likeness (QED) is 0.875. The summed E-state index contributed by atoms with van der Waals surface area (Å²) in [5, 5.41) is 12.2. The lowest BCUT2D eigenvalue weighted by Crippen LogP contribution is -2.30. The van der Waals surface area contributed by atoms with Crippen LogP contribution in [0.2, 0.25) is 0 Å². The SMILES string of the molecule is CN(C)CC(NCc1ccc(C#N)o1)c1ccccc1. The van der Waals surface area contributed by atoms with E-state index < -0.39 is 0 Å². The average Bonchev–Trinajstić information content (AvgIpc) is 2.92. The molecule has 1 atom stereocenters. The van der Waals surface area contributed by atoms with E-state index in [-0.39, 0.29) is 6.04 Å². The van der Waals surface area contributed by atoms with Gasteiger partial charge in [0.15, 0.2) is 0 Å². The van der Waals surface area contributed by atoms with Crippen LogP contribution in [0.25, 0.3) is 0 Å². The number of nitriles is 1. The highest BCUT2D eigenvalue weighted by atomic mass is 16.3. The van der Waals surface area contributed by atoms with Crippen molar-refractivity contribution in [1.82, 2.24) is 10.2 Å². The lowest BCUT2D eigenvalue weighted by molar-refractivity contribution is 0.332. The third-order valence-corrected chi connectivity index (χ3v) is 3.04. The maximum absolute atomic E-state index is 8.75. The Labute approximate surface area is 119 Å². The van der Waals surface area contributed by atoms with Crippen LogP contribution in [0, 0.1) is 11.3 Å². The van der Waals surface area contributed by atoms with E-state index in [1.807, 2.05) is 30.3 Å². The molecule has 1 heterocycles. The summed E-state index contributed by atoms with van der Waals surface area (Å²) in [5.41, 5.74) is 1.24. The minimum Gasteiger partial charge on any atom is -0.449 e. The molecule has 1 aromatic carbocycles. The molecule has 0 spiro atoms. The average molecular weight is 269 g/mol. The Morgan fingerprint density at radius 2 is 1.95 bits per heavy atom. The van der Waals surface area contributed by atoms with Gasteiger partial charge in [-0.3, -0.25) is 0 Å². The van der Waals surface area contributed by atoms with Crippen LogP contribution < -0.4 is 5.32 Å². The predicted octanol–water partition coefficient (Wildman–Crippen LogP) is 2.54. The molecule has 20 heavy (non-hydrogen) atoms. The minimum atomic E-state index is 0.224. The molecule has 1 N–H and O–H groups in total. The Morgan fingerprint density at radius 3 is 2.55 bits per heavy atom. The molecular formula is C16H19N3O. The monoisotopic (exact) mass is 269 g/mol. The van der Waals surface area contributed by atoms with E-state index in [9.17, 15) is 0 Å². The van der Waals surface area contributed by atoms with Crippen molar-refractivity contribution in [1.29, 1.82) is 5.26 Å². The Bertz CT molecular complexity index is 569. The smallest absolute Gasteiger partial charge is 0.203 e. The Kier molecular flexibility index (Phi) is 4.94. The van der Waals surface area contributed by atoms with Crippen molar-refractivity contribution in [2.45, 2.75) is 12.6 Å². The molecule has 0 radical (unpaired) electrons. The molecule has 4 heteroatoms. The van der Waals surface area contributed by atoms with Crippen LogP contribution in [0.4, 0.5) is 0 Å². The maximum Gasteiger partial charge on any atom is 0.203 e. The molecule has 0 saturated carbocycles. The van der Waals surface area contributed by atoms with Crippen molar-refractivity contribution in [2.75, 3.05) is 20.6 Å². The predicted molar refractivity (Wildman–Crippen MR) is 78.0 cm³/mol. The number of furan rings is 1. The first kappa shape index (κ1) is 14.3. The molecule has 0 amide bonds. The molecule has 0 saturated heterocycles. The van der Waals surface area contributed by atoms with E-state index in [2.05, 4.69) is 36.4 Å². The second kappa shape index (κ2) is 6.90. The standard InChI is InChI=1S/C16H19N3O/c1-19(2)12-16(13-6-4-3-5-7-13)18-11-15-9-8-14(10-17)20-15/h3-9,16,18H,11-12H2,1-2H3. The van der Waals surface area contributed by atoms with Crippen molar-refractivity contribution in [3.63, 3.8) is 0 Å². The van der Waals surface area contributed by atoms with E-state index in [0.29, 0.717) is 12.3 Å². The lowest BCUT2D eigenvalue weighted by Gasteiger charge is -2.22. The number of hydrogen-bond donors (Lipinski definition) is 1. The van der Waals surface area contributed by atoms with Crippen LogP contribution in [0.1, 0.15) is 23.1 Å². The molecule has 1 aromatic heterocycles. The van der Waals surface area contributed by atoms with Crippen molar-refractivity contribution in [3.05, 3.63) is 59.5 Å². The van der Waals surface area contributed by atoms with Crippen molar-refractivity contribution in [2.24, 2.45) is 0 Å². The van der Waals surface area contributed by atoms with E-state index in [0.717, 1.165) is 12.3 Å². The molecule has 4 nitrogen and oxygen atoms in total. The molecule has 2 rings (SSSR count). The van der Waals surface area contributed by atoms with Gasteiger partial charge in [-0.25, -0.2) is 0 Å². The maximum atomic E-state index is 8.75. The fraction of sp³-hybridized carbons (Fsp3) is 0.312. The van der Waals surface area contributed by atoms with Gasteiger partial charge in [0.1, 0.15) is 11.8 Å². The molecule has 2 aromatic rings. The van der Waals surface area contributed by atoms with Crippen LogP contribution in [0.3, 0.4) is 0 Å². The van der Waals surface area contributed by atoms with Crippen LogP contribution >= 0.6 is 0 Å².